The average molecular weight is 353 g/mol. The van der Waals surface area contributed by atoms with E-state index in [1.165, 1.54) is 0 Å². The van der Waals surface area contributed by atoms with Gasteiger partial charge < -0.3 is 9.80 Å². The Labute approximate surface area is 152 Å². The molecule has 7 heteroatoms. The van der Waals surface area contributed by atoms with Gasteiger partial charge in [0.05, 0.1) is 0 Å². The predicted octanol–water partition coefficient (Wildman–Crippen LogP) is 1.61. The first-order valence-corrected chi connectivity index (χ1v) is 9.06. The molecule has 0 aliphatic carbocycles. The second-order valence-corrected chi connectivity index (χ2v) is 7.19. The van der Waals surface area contributed by atoms with Crippen LogP contribution in [0.15, 0.2) is 36.8 Å². The van der Waals surface area contributed by atoms with Crippen molar-refractivity contribution in [2.75, 3.05) is 13.1 Å². The van der Waals surface area contributed by atoms with Crippen molar-refractivity contribution in [1.29, 1.82) is 0 Å². The standard InChI is InChI=1S/C19H23N5O2/c1-22-16(5-11-21-22)18(26)23-12-7-19(8-13-23)6-2-17(25)24(19)14-15-3-9-20-10-4-15/h3-5,9-11H,2,6-8,12-14H2,1H3. The lowest BCUT2D eigenvalue weighted by molar-refractivity contribution is -0.133. The first-order chi connectivity index (χ1) is 12.6. The summed E-state index contributed by atoms with van der Waals surface area (Å²) in [6, 6.07) is 5.67. The summed E-state index contributed by atoms with van der Waals surface area (Å²) in [7, 11) is 1.78. The van der Waals surface area contributed by atoms with E-state index in [1.54, 1.807) is 36.4 Å². The zero-order valence-corrected chi connectivity index (χ0v) is 15.0. The van der Waals surface area contributed by atoms with Crippen LogP contribution < -0.4 is 0 Å². The lowest BCUT2D eigenvalue weighted by atomic mass is 9.84. The highest BCUT2D eigenvalue weighted by Gasteiger charge is 2.47. The molecule has 0 bridgehead atoms. The third kappa shape index (κ3) is 2.87. The van der Waals surface area contributed by atoms with Gasteiger partial charge in [-0.15, -0.1) is 0 Å². The minimum Gasteiger partial charge on any atom is -0.337 e. The van der Waals surface area contributed by atoms with Gasteiger partial charge in [-0.05, 0) is 43.0 Å². The maximum atomic E-state index is 12.7. The summed E-state index contributed by atoms with van der Waals surface area (Å²) in [5.74, 6) is 0.234. The van der Waals surface area contributed by atoms with Gasteiger partial charge in [0.2, 0.25) is 5.91 Å². The van der Waals surface area contributed by atoms with Crippen LogP contribution in [0.5, 0.6) is 0 Å². The van der Waals surface area contributed by atoms with Crippen molar-refractivity contribution in [3.05, 3.63) is 48.0 Å². The van der Waals surface area contributed by atoms with Gasteiger partial charge >= 0.3 is 0 Å². The number of rotatable bonds is 3. The molecule has 2 aromatic heterocycles. The molecule has 2 amide bonds. The molecule has 2 saturated heterocycles. The van der Waals surface area contributed by atoms with Crippen LogP contribution in [0.4, 0.5) is 0 Å². The van der Waals surface area contributed by atoms with E-state index in [0.717, 1.165) is 24.8 Å². The second kappa shape index (κ2) is 6.55. The van der Waals surface area contributed by atoms with Crippen LogP contribution >= 0.6 is 0 Å². The van der Waals surface area contributed by atoms with Crippen LogP contribution in [0, 0.1) is 0 Å². The van der Waals surface area contributed by atoms with Crippen molar-refractivity contribution in [1.82, 2.24) is 24.6 Å². The van der Waals surface area contributed by atoms with E-state index in [-0.39, 0.29) is 17.4 Å². The van der Waals surface area contributed by atoms with Gasteiger partial charge in [0.15, 0.2) is 0 Å². The number of pyridine rings is 1. The number of amides is 2. The maximum absolute atomic E-state index is 12.7. The van der Waals surface area contributed by atoms with E-state index in [4.69, 9.17) is 0 Å². The molecule has 4 heterocycles. The first-order valence-electron chi connectivity index (χ1n) is 9.06. The number of aromatic nitrogens is 3. The fourth-order valence-electron chi connectivity index (χ4n) is 4.19. The average Bonchev–Trinajstić information content (AvgIpc) is 3.22. The molecule has 2 aliphatic rings. The Balaban J connectivity index is 1.47. The predicted molar refractivity (Wildman–Crippen MR) is 95.1 cm³/mol. The Morgan fingerprint density at radius 2 is 1.85 bits per heavy atom. The number of aryl methyl sites for hydroxylation is 1. The quantitative estimate of drug-likeness (QED) is 0.841. The molecule has 7 nitrogen and oxygen atoms in total. The third-order valence-electron chi connectivity index (χ3n) is 5.79. The monoisotopic (exact) mass is 353 g/mol. The number of carbonyl (C=O) groups is 2. The van der Waals surface area contributed by atoms with Crippen LogP contribution in [0.2, 0.25) is 0 Å². The zero-order valence-electron chi connectivity index (χ0n) is 15.0. The molecule has 1 spiro atoms. The van der Waals surface area contributed by atoms with E-state index < -0.39 is 0 Å². The molecule has 2 aromatic rings. The number of nitrogens with zero attached hydrogens (tertiary/aromatic N) is 5. The summed E-state index contributed by atoms with van der Waals surface area (Å²) in [5, 5.41) is 4.08. The zero-order chi connectivity index (χ0) is 18.1. The van der Waals surface area contributed by atoms with Gasteiger partial charge in [-0.2, -0.15) is 5.10 Å². The SMILES string of the molecule is Cn1nccc1C(=O)N1CCC2(CCC(=O)N2Cc2ccncc2)CC1. The summed E-state index contributed by atoms with van der Waals surface area (Å²) in [4.78, 5) is 33.2. The van der Waals surface area contributed by atoms with Crippen LogP contribution in [0.1, 0.15) is 41.7 Å². The summed E-state index contributed by atoms with van der Waals surface area (Å²) >= 11 is 0. The molecule has 0 N–H and O–H groups in total. The fourth-order valence-corrected chi connectivity index (χ4v) is 4.19. The number of hydrogen-bond donors (Lipinski definition) is 0. The molecule has 2 aliphatic heterocycles. The first kappa shape index (κ1) is 16.8. The van der Waals surface area contributed by atoms with E-state index >= 15 is 0 Å². The van der Waals surface area contributed by atoms with Crippen LogP contribution in [-0.4, -0.2) is 55.0 Å². The largest absolute Gasteiger partial charge is 0.337 e. The van der Waals surface area contributed by atoms with Crippen molar-refractivity contribution in [3.8, 4) is 0 Å². The smallest absolute Gasteiger partial charge is 0.272 e. The van der Waals surface area contributed by atoms with Gasteiger partial charge in [-0.1, -0.05) is 0 Å². The lowest BCUT2D eigenvalue weighted by Gasteiger charge is -2.45. The molecule has 0 atom stereocenters. The van der Waals surface area contributed by atoms with Crippen molar-refractivity contribution < 1.29 is 9.59 Å². The molecule has 0 saturated carbocycles. The highest BCUT2D eigenvalue weighted by atomic mass is 16.2. The Hall–Kier alpha value is -2.70. The summed E-state index contributed by atoms with van der Waals surface area (Å²) in [6.45, 7) is 1.96. The minimum absolute atomic E-state index is 0.0184. The van der Waals surface area contributed by atoms with E-state index in [0.29, 0.717) is 31.7 Å². The van der Waals surface area contributed by atoms with Gasteiger partial charge in [0.25, 0.3) is 5.91 Å². The van der Waals surface area contributed by atoms with Crippen molar-refractivity contribution in [3.63, 3.8) is 0 Å². The topological polar surface area (TPSA) is 71.3 Å². The van der Waals surface area contributed by atoms with E-state index in [1.807, 2.05) is 21.9 Å². The lowest BCUT2D eigenvalue weighted by Crippen LogP contribution is -2.54. The van der Waals surface area contributed by atoms with E-state index in [9.17, 15) is 9.59 Å². The number of likely N-dealkylation sites (tertiary alicyclic amines) is 2. The van der Waals surface area contributed by atoms with E-state index in [2.05, 4.69) is 10.1 Å². The summed E-state index contributed by atoms with van der Waals surface area (Å²) in [5.41, 5.74) is 1.59. The van der Waals surface area contributed by atoms with Crippen molar-refractivity contribution in [2.24, 2.45) is 7.05 Å². The summed E-state index contributed by atoms with van der Waals surface area (Å²) in [6.07, 6.45) is 8.30. The molecular formula is C19H23N5O2. The molecule has 136 valence electrons. The van der Waals surface area contributed by atoms with Crippen molar-refractivity contribution >= 4 is 11.8 Å². The Morgan fingerprint density at radius 1 is 1.12 bits per heavy atom. The molecule has 2 fully saturated rings. The minimum atomic E-state index is -0.121. The molecular weight excluding hydrogens is 330 g/mol. The Bertz CT molecular complexity index is 808. The Morgan fingerprint density at radius 3 is 2.50 bits per heavy atom. The van der Waals surface area contributed by atoms with Crippen LogP contribution in [-0.2, 0) is 18.4 Å². The van der Waals surface area contributed by atoms with Gasteiger partial charge in [0.1, 0.15) is 5.69 Å². The highest BCUT2D eigenvalue weighted by molar-refractivity contribution is 5.92. The fraction of sp³-hybridized carbons (Fsp3) is 0.474. The molecule has 4 rings (SSSR count). The third-order valence-corrected chi connectivity index (χ3v) is 5.79. The number of piperidine rings is 1. The van der Waals surface area contributed by atoms with Gasteiger partial charge in [-0.25, -0.2) is 0 Å². The van der Waals surface area contributed by atoms with Crippen LogP contribution in [0.3, 0.4) is 0 Å². The number of hydrogen-bond acceptors (Lipinski definition) is 4. The van der Waals surface area contributed by atoms with Gasteiger partial charge in [-0.3, -0.25) is 19.3 Å². The molecule has 26 heavy (non-hydrogen) atoms. The maximum Gasteiger partial charge on any atom is 0.272 e. The van der Waals surface area contributed by atoms with Gasteiger partial charge in [0, 0.05) is 57.2 Å². The van der Waals surface area contributed by atoms with Crippen molar-refractivity contribution in [2.45, 2.75) is 37.8 Å². The molecule has 0 unspecified atom stereocenters. The summed E-state index contributed by atoms with van der Waals surface area (Å²) < 4.78 is 1.61. The highest BCUT2D eigenvalue weighted by Crippen LogP contribution is 2.40. The Kier molecular flexibility index (Phi) is 4.22. The normalized spacial score (nSPS) is 19.3. The second-order valence-electron chi connectivity index (χ2n) is 7.19. The number of carbonyl (C=O) groups excluding carboxylic acids is 2. The van der Waals surface area contributed by atoms with Crippen LogP contribution in [0.25, 0.3) is 0 Å². The molecule has 0 radical (unpaired) electrons. The molecule has 0 aromatic carbocycles.